The Labute approximate surface area is 167 Å². The van der Waals surface area contributed by atoms with E-state index in [1.54, 1.807) is 0 Å². The van der Waals surface area contributed by atoms with E-state index in [0.29, 0.717) is 12.2 Å². The van der Waals surface area contributed by atoms with Crippen LogP contribution in [0.2, 0.25) is 0 Å². The summed E-state index contributed by atoms with van der Waals surface area (Å²) >= 11 is 0. The number of nitrogens with one attached hydrogen (secondary N) is 1. The third-order valence-corrected chi connectivity index (χ3v) is 8.24. The minimum atomic E-state index is 0.549. The smallest absolute Gasteiger partial charge is 0.0606 e. The average Bonchev–Trinajstić information content (AvgIpc) is 2.73. The van der Waals surface area contributed by atoms with E-state index in [4.69, 9.17) is 9.47 Å². The molecular weight excluding hydrogens is 334 g/mol. The molecule has 0 bridgehead atoms. The van der Waals surface area contributed by atoms with E-state index in [-0.39, 0.29) is 0 Å². The van der Waals surface area contributed by atoms with Gasteiger partial charge in [-0.15, -0.1) is 0 Å². The van der Waals surface area contributed by atoms with E-state index < -0.39 is 0 Å². The minimum Gasteiger partial charge on any atom is -0.377 e. The van der Waals surface area contributed by atoms with Gasteiger partial charge in [-0.1, -0.05) is 51.4 Å². The van der Waals surface area contributed by atoms with E-state index in [2.05, 4.69) is 5.32 Å². The molecule has 1 N–H and O–H groups in total. The maximum Gasteiger partial charge on any atom is 0.0606 e. The first-order valence-corrected chi connectivity index (χ1v) is 12.4. The lowest BCUT2D eigenvalue weighted by molar-refractivity contribution is -0.0506. The summed E-state index contributed by atoms with van der Waals surface area (Å²) in [4.78, 5) is 0. The van der Waals surface area contributed by atoms with Gasteiger partial charge in [-0.2, -0.15) is 0 Å². The van der Waals surface area contributed by atoms with E-state index in [9.17, 15) is 0 Å². The highest BCUT2D eigenvalue weighted by molar-refractivity contribution is 4.87. The zero-order valence-corrected chi connectivity index (χ0v) is 17.5. The summed E-state index contributed by atoms with van der Waals surface area (Å²) in [7, 11) is 0. The summed E-state index contributed by atoms with van der Waals surface area (Å²) in [5.74, 6) is 3.67. The summed E-state index contributed by atoms with van der Waals surface area (Å²) < 4.78 is 12.6. The first-order chi connectivity index (χ1) is 13.4. The van der Waals surface area contributed by atoms with Crippen molar-refractivity contribution in [1.82, 2.24) is 5.32 Å². The first kappa shape index (κ1) is 20.2. The van der Waals surface area contributed by atoms with Gasteiger partial charge >= 0.3 is 0 Å². The van der Waals surface area contributed by atoms with Crippen molar-refractivity contribution in [3.63, 3.8) is 0 Å². The predicted molar refractivity (Wildman–Crippen MR) is 111 cm³/mol. The molecule has 0 spiro atoms. The lowest BCUT2D eigenvalue weighted by Crippen LogP contribution is -2.39. The molecule has 0 heterocycles. The van der Waals surface area contributed by atoms with Gasteiger partial charge < -0.3 is 14.8 Å². The molecule has 0 aliphatic heterocycles. The molecule has 0 saturated heterocycles. The van der Waals surface area contributed by atoms with Crippen molar-refractivity contribution in [2.75, 3.05) is 26.3 Å². The van der Waals surface area contributed by atoms with Gasteiger partial charge in [-0.25, -0.2) is 0 Å². The van der Waals surface area contributed by atoms with Crippen LogP contribution >= 0.6 is 0 Å². The Morgan fingerprint density at radius 2 is 0.963 bits per heavy atom. The van der Waals surface area contributed by atoms with E-state index >= 15 is 0 Å². The first-order valence-electron chi connectivity index (χ1n) is 12.4. The fraction of sp³-hybridized carbons (Fsp3) is 1.00. The number of ether oxygens (including phenoxy) is 2. The van der Waals surface area contributed by atoms with Crippen LogP contribution in [0.3, 0.4) is 0 Å². The van der Waals surface area contributed by atoms with Crippen molar-refractivity contribution < 1.29 is 9.47 Å². The standard InChI is InChI=1S/C24H43NO2/c1-3-11-21-19(7-1)9-5-13-23(21)26-17-15-25-16-18-27-24-14-6-10-20-8-2-4-12-22(20)24/h19-25H,1-18H2. The highest BCUT2D eigenvalue weighted by Crippen LogP contribution is 2.42. The Hall–Kier alpha value is -0.120. The fourth-order valence-electron chi connectivity index (χ4n) is 6.86. The largest absolute Gasteiger partial charge is 0.377 e. The second-order valence-corrected chi connectivity index (χ2v) is 9.85. The number of fused-ring (bicyclic) bond motifs is 2. The zero-order chi connectivity index (χ0) is 18.3. The van der Waals surface area contributed by atoms with Gasteiger partial charge in [-0.3, -0.25) is 0 Å². The van der Waals surface area contributed by atoms with Crippen molar-refractivity contribution in [2.45, 2.75) is 102 Å². The normalized spacial score (nSPS) is 39.6. The second kappa shape index (κ2) is 10.6. The predicted octanol–water partition coefficient (Wildman–Crippen LogP) is 5.33. The molecule has 156 valence electrons. The monoisotopic (exact) mass is 377 g/mol. The Morgan fingerprint density at radius 3 is 1.48 bits per heavy atom. The van der Waals surface area contributed by atoms with Gasteiger partial charge in [0.1, 0.15) is 0 Å². The molecule has 4 fully saturated rings. The molecule has 3 nitrogen and oxygen atoms in total. The van der Waals surface area contributed by atoms with E-state index in [0.717, 1.165) is 50.0 Å². The van der Waals surface area contributed by atoms with Crippen LogP contribution in [0.25, 0.3) is 0 Å². The summed E-state index contributed by atoms with van der Waals surface area (Å²) in [6.45, 7) is 3.71. The van der Waals surface area contributed by atoms with Crippen molar-refractivity contribution in [1.29, 1.82) is 0 Å². The van der Waals surface area contributed by atoms with Crippen LogP contribution in [0.15, 0.2) is 0 Å². The van der Waals surface area contributed by atoms with Crippen LogP contribution in [-0.4, -0.2) is 38.5 Å². The van der Waals surface area contributed by atoms with Crippen LogP contribution < -0.4 is 5.32 Å². The van der Waals surface area contributed by atoms with Gasteiger partial charge in [-0.05, 0) is 62.2 Å². The molecule has 0 aromatic rings. The maximum atomic E-state index is 6.32. The Morgan fingerprint density at radius 1 is 0.519 bits per heavy atom. The van der Waals surface area contributed by atoms with Crippen LogP contribution in [0.4, 0.5) is 0 Å². The Bertz CT molecular complexity index is 387. The molecule has 6 unspecified atom stereocenters. The quantitative estimate of drug-likeness (QED) is 0.580. The van der Waals surface area contributed by atoms with Gasteiger partial charge in [0.25, 0.3) is 0 Å². The van der Waals surface area contributed by atoms with Crippen LogP contribution in [0, 0.1) is 23.7 Å². The van der Waals surface area contributed by atoms with Crippen LogP contribution in [-0.2, 0) is 9.47 Å². The average molecular weight is 378 g/mol. The minimum absolute atomic E-state index is 0.549. The molecule has 0 radical (unpaired) electrons. The molecular formula is C24H43NO2. The highest BCUT2D eigenvalue weighted by Gasteiger charge is 2.36. The molecule has 4 saturated carbocycles. The Kier molecular flexibility index (Phi) is 7.91. The molecule has 4 rings (SSSR count). The SMILES string of the molecule is C1CCC2C(C1)CCCC2OCCNCCOC1CCCC2CCCCC21. The Balaban J connectivity index is 1.07. The summed E-state index contributed by atoms with van der Waals surface area (Å²) in [6.07, 6.45) is 20.9. The van der Waals surface area contributed by atoms with Gasteiger partial charge in [0.05, 0.1) is 25.4 Å². The topological polar surface area (TPSA) is 30.5 Å². The van der Waals surface area contributed by atoms with E-state index in [1.165, 1.54) is 89.9 Å². The van der Waals surface area contributed by atoms with Gasteiger partial charge in [0.15, 0.2) is 0 Å². The molecule has 4 aliphatic rings. The highest BCUT2D eigenvalue weighted by atomic mass is 16.5. The molecule has 4 aliphatic carbocycles. The summed E-state index contributed by atoms with van der Waals surface area (Å²) in [5.41, 5.74) is 0. The van der Waals surface area contributed by atoms with Crippen molar-refractivity contribution in [2.24, 2.45) is 23.7 Å². The molecule has 0 amide bonds. The molecule has 0 aromatic heterocycles. The molecule has 27 heavy (non-hydrogen) atoms. The summed E-state index contributed by atoms with van der Waals surface area (Å²) in [6, 6.07) is 0. The third-order valence-electron chi connectivity index (χ3n) is 8.24. The lowest BCUT2D eigenvalue weighted by atomic mass is 9.69. The number of hydrogen-bond donors (Lipinski definition) is 1. The van der Waals surface area contributed by atoms with Crippen LogP contribution in [0.1, 0.15) is 89.9 Å². The van der Waals surface area contributed by atoms with Crippen molar-refractivity contribution >= 4 is 0 Å². The van der Waals surface area contributed by atoms with Gasteiger partial charge in [0, 0.05) is 13.1 Å². The number of hydrogen-bond acceptors (Lipinski definition) is 3. The second-order valence-electron chi connectivity index (χ2n) is 9.85. The zero-order valence-electron chi connectivity index (χ0n) is 17.5. The third kappa shape index (κ3) is 5.48. The van der Waals surface area contributed by atoms with Crippen molar-refractivity contribution in [3.8, 4) is 0 Å². The molecule has 3 heteroatoms. The molecule has 0 aromatic carbocycles. The lowest BCUT2D eigenvalue weighted by Gasteiger charge is -2.41. The van der Waals surface area contributed by atoms with Crippen molar-refractivity contribution in [3.05, 3.63) is 0 Å². The number of rotatable bonds is 8. The van der Waals surface area contributed by atoms with E-state index in [1.807, 2.05) is 0 Å². The van der Waals surface area contributed by atoms with Crippen LogP contribution in [0.5, 0.6) is 0 Å². The van der Waals surface area contributed by atoms with Gasteiger partial charge in [0.2, 0.25) is 0 Å². The fourth-order valence-corrected chi connectivity index (χ4v) is 6.86. The summed E-state index contributed by atoms with van der Waals surface area (Å²) in [5, 5.41) is 3.56. The maximum absolute atomic E-state index is 6.32. The molecule has 6 atom stereocenters.